The van der Waals surface area contributed by atoms with E-state index in [0.717, 1.165) is 24.1 Å². The molecular formula is C13H18BrN3O. The molecule has 1 aromatic carbocycles. The van der Waals surface area contributed by atoms with Crippen LogP contribution in [0.25, 0.3) is 0 Å². The zero-order valence-corrected chi connectivity index (χ0v) is 11.9. The first-order valence-electron chi connectivity index (χ1n) is 6.15. The topological polar surface area (TPSA) is 58.4 Å². The lowest BCUT2D eigenvalue weighted by Crippen LogP contribution is -2.31. The second-order valence-electron chi connectivity index (χ2n) is 4.51. The third-order valence-corrected chi connectivity index (χ3v) is 3.57. The maximum absolute atomic E-state index is 11.5. The van der Waals surface area contributed by atoms with Gasteiger partial charge in [-0.05, 0) is 23.3 Å². The lowest BCUT2D eigenvalue weighted by molar-refractivity contribution is -0.121. The Morgan fingerprint density at radius 3 is 2.94 bits per heavy atom. The zero-order chi connectivity index (χ0) is 13.0. The molecule has 1 amide bonds. The van der Waals surface area contributed by atoms with E-state index in [1.807, 2.05) is 0 Å². The number of hydrogen-bond acceptors (Lipinski definition) is 3. The Labute approximate surface area is 116 Å². The fraction of sp³-hybridized carbons (Fsp3) is 0.462. The van der Waals surface area contributed by atoms with Crippen molar-refractivity contribution in [3.8, 4) is 0 Å². The second kappa shape index (κ2) is 6.31. The van der Waals surface area contributed by atoms with Crippen LogP contribution in [0.3, 0.4) is 0 Å². The summed E-state index contributed by atoms with van der Waals surface area (Å²) in [5, 5.41) is 2.79. The number of carbonyl (C=O) groups is 1. The fourth-order valence-corrected chi connectivity index (χ4v) is 2.56. The predicted octanol–water partition coefficient (Wildman–Crippen LogP) is 1.23. The van der Waals surface area contributed by atoms with Gasteiger partial charge in [-0.25, -0.2) is 0 Å². The maximum atomic E-state index is 11.5. The predicted molar refractivity (Wildman–Crippen MR) is 74.9 cm³/mol. The Kier molecular flexibility index (Phi) is 4.74. The molecule has 0 radical (unpaired) electrons. The van der Waals surface area contributed by atoms with Gasteiger partial charge in [0.15, 0.2) is 0 Å². The molecule has 2 rings (SSSR count). The largest absolute Gasteiger partial charge is 0.355 e. The van der Waals surface area contributed by atoms with Crippen LogP contribution in [0.2, 0.25) is 0 Å². The first-order chi connectivity index (χ1) is 8.69. The highest BCUT2D eigenvalue weighted by Crippen LogP contribution is 2.25. The highest BCUT2D eigenvalue weighted by molar-refractivity contribution is 9.10. The molecule has 0 aromatic heterocycles. The molecule has 4 nitrogen and oxygen atoms in total. The minimum absolute atomic E-state index is 0.0811. The molecule has 18 heavy (non-hydrogen) atoms. The SMILES string of the molecule is NCCNC(=O)CCN1Cc2ccc(Br)cc2C1. The third kappa shape index (κ3) is 3.54. The summed E-state index contributed by atoms with van der Waals surface area (Å²) in [4.78, 5) is 13.8. The second-order valence-corrected chi connectivity index (χ2v) is 5.43. The van der Waals surface area contributed by atoms with Crippen molar-refractivity contribution in [1.82, 2.24) is 10.2 Å². The van der Waals surface area contributed by atoms with Gasteiger partial charge in [0.2, 0.25) is 5.91 Å². The van der Waals surface area contributed by atoms with Crippen molar-refractivity contribution in [2.75, 3.05) is 19.6 Å². The third-order valence-electron chi connectivity index (χ3n) is 3.08. The molecule has 0 saturated heterocycles. The van der Waals surface area contributed by atoms with Gasteiger partial charge in [-0.3, -0.25) is 9.69 Å². The summed E-state index contributed by atoms with van der Waals surface area (Å²) in [6.07, 6.45) is 0.537. The number of nitrogens with two attached hydrogens (primary N) is 1. The quantitative estimate of drug-likeness (QED) is 0.860. The van der Waals surface area contributed by atoms with Crippen LogP contribution in [0.5, 0.6) is 0 Å². The van der Waals surface area contributed by atoms with E-state index >= 15 is 0 Å². The summed E-state index contributed by atoms with van der Waals surface area (Å²) in [6, 6.07) is 6.37. The van der Waals surface area contributed by atoms with Crippen LogP contribution in [0.1, 0.15) is 17.5 Å². The van der Waals surface area contributed by atoms with E-state index in [1.54, 1.807) is 0 Å². The molecule has 0 atom stereocenters. The molecule has 0 bridgehead atoms. The van der Waals surface area contributed by atoms with Gasteiger partial charge in [0, 0.05) is 43.6 Å². The van der Waals surface area contributed by atoms with E-state index in [1.165, 1.54) is 11.1 Å². The molecule has 98 valence electrons. The molecular weight excluding hydrogens is 294 g/mol. The van der Waals surface area contributed by atoms with Gasteiger partial charge < -0.3 is 11.1 Å². The van der Waals surface area contributed by atoms with Crippen molar-refractivity contribution in [2.24, 2.45) is 5.73 Å². The molecule has 1 aliphatic heterocycles. The number of nitrogens with zero attached hydrogens (tertiary/aromatic N) is 1. The highest BCUT2D eigenvalue weighted by Gasteiger charge is 2.19. The average molecular weight is 312 g/mol. The van der Waals surface area contributed by atoms with Crippen molar-refractivity contribution < 1.29 is 4.79 Å². The molecule has 5 heteroatoms. The number of hydrogen-bond donors (Lipinski definition) is 2. The van der Waals surface area contributed by atoms with E-state index in [2.05, 4.69) is 44.3 Å². The number of benzene rings is 1. The van der Waals surface area contributed by atoms with Crippen LogP contribution < -0.4 is 11.1 Å². The van der Waals surface area contributed by atoms with Gasteiger partial charge >= 0.3 is 0 Å². The van der Waals surface area contributed by atoms with Crippen LogP contribution in [0.15, 0.2) is 22.7 Å². The van der Waals surface area contributed by atoms with E-state index in [-0.39, 0.29) is 5.91 Å². The highest BCUT2D eigenvalue weighted by atomic mass is 79.9. The number of fused-ring (bicyclic) bond motifs is 1. The Morgan fingerprint density at radius 2 is 2.17 bits per heavy atom. The number of amides is 1. The van der Waals surface area contributed by atoms with Crippen molar-refractivity contribution in [3.05, 3.63) is 33.8 Å². The fourth-order valence-electron chi connectivity index (χ4n) is 2.15. The van der Waals surface area contributed by atoms with E-state index < -0.39 is 0 Å². The minimum atomic E-state index is 0.0811. The molecule has 0 aliphatic carbocycles. The van der Waals surface area contributed by atoms with Gasteiger partial charge in [0.05, 0.1) is 0 Å². The Morgan fingerprint density at radius 1 is 1.39 bits per heavy atom. The molecule has 1 aromatic rings. The van der Waals surface area contributed by atoms with Crippen molar-refractivity contribution >= 4 is 21.8 Å². The molecule has 0 spiro atoms. The molecule has 0 saturated carbocycles. The monoisotopic (exact) mass is 311 g/mol. The summed E-state index contributed by atoms with van der Waals surface area (Å²) < 4.78 is 1.11. The summed E-state index contributed by atoms with van der Waals surface area (Å²) in [5.74, 6) is 0.0811. The summed E-state index contributed by atoms with van der Waals surface area (Å²) in [7, 11) is 0. The van der Waals surface area contributed by atoms with Gasteiger partial charge in [-0.1, -0.05) is 22.0 Å². The molecule has 1 heterocycles. The zero-order valence-electron chi connectivity index (χ0n) is 10.3. The van der Waals surface area contributed by atoms with Gasteiger partial charge in [0.25, 0.3) is 0 Å². The van der Waals surface area contributed by atoms with Crippen molar-refractivity contribution in [1.29, 1.82) is 0 Å². The Bertz CT molecular complexity index is 436. The summed E-state index contributed by atoms with van der Waals surface area (Å²) >= 11 is 3.48. The number of halogens is 1. The minimum Gasteiger partial charge on any atom is -0.355 e. The van der Waals surface area contributed by atoms with Gasteiger partial charge in [-0.2, -0.15) is 0 Å². The molecule has 1 aliphatic rings. The smallest absolute Gasteiger partial charge is 0.221 e. The normalized spacial score (nSPS) is 14.6. The molecule has 0 unspecified atom stereocenters. The first kappa shape index (κ1) is 13.5. The summed E-state index contributed by atoms with van der Waals surface area (Å²) in [6.45, 7) is 3.72. The Hall–Kier alpha value is -0.910. The van der Waals surface area contributed by atoms with Crippen LogP contribution in [-0.4, -0.2) is 30.4 Å². The maximum Gasteiger partial charge on any atom is 0.221 e. The Balaban J connectivity index is 1.79. The van der Waals surface area contributed by atoms with E-state index in [9.17, 15) is 4.79 Å². The lowest BCUT2D eigenvalue weighted by Gasteiger charge is -2.14. The summed E-state index contributed by atoms with van der Waals surface area (Å²) in [5.41, 5.74) is 8.05. The standard InChI is InChI=1S/C13H18BrN3O/c14-12-2-1-10-8-17(9-11(10)7-12)6-3-13(18)16-5-4-15/h1-2,7H,3-6,8-9,15H2,(H,16,18). The van der Waals surface area contributed by atoms with Crippen LogP contribution >= 0.6 is 15.9 Å². The van der Waals surface area contributed by atoms with Gasteiger partial charge in [-0.15, -0.1) is 0 Å². The van der Waals surface area contributed by atoms with Gasteiger partial charge in [0.1, 0.15) is 0 Å². The van der Waals surface area contributed by atoms with Crippen molar-refractivity contribution in [2.45, 2.75) is 19.5 Å². The molecule has 0 fully saturated rings. The average Bonchev–Trinajstić information content (AvgIpc) is 2.75. The number of rotatable bonds is 5. The van der Waals surface area contributed by atoms with Crippen molar-refractivity contribution in [3.63, 3.8) is 0 Å². The van der Waals surface area contributed by atoms with Crippen LogP contribution in [0.4, 0.5) is 0 Å². The van der Waals surface area contributed by atoms with Crippen LogP contribution in [-0.2, 0) is 17.9 Å². The van der Waals surface area contributed by atoms with E-state index in [4.69, 9.17) is 5.73 Å². The van der Waals surface area contributed by atoms with Crippen LogP contribution in [0, 0.1) is 0 Å². The van der Waals surface area contributed by atoms with E-state index in [0.29, 0.717) is 19.5 Å². The first-order valence-corrected chi connectivity index (χ1v) is 6.95. The molecule has 3 N–H and O–H groups in total. The number of nitrogens with one attached hydrogen (secondary N) is 1. The lowest BCUT2D eigenvalue weighted by atomic mass is 10.1. The number of carbonyl (C=O) groups excluding carboxylic acids is 1.